The van der Waals surface area contributed by atoms with E-state index in [1.54, 1.807) is 11.3 Å². The van der Waals surface area contributed by atoms with Crippen LogP contribution in [0, 0.1) is 0 Å². The van der Waals surface area contributed by atoms with Crippen molar-refractivity contribution in [1.82, 2.24) is 4.98 Å². The van der Waals surface area contributed by atoms with E-state index in [0.717, 1.165) is 21.5 Å². The van der Waals surface area contributed by atoms with Gasteiger partial charge in [-0.3, -0.25) is 0 Å². The quantitative estimate of drug-likeness (QED) is 0.755. The molecule has 1 fully saturated rings. The van der Waals surface area contributed by atoms with Crippen molar-refractivity contribution < 1.29 is 0 Å². The van der Waals surface area contributed by atoms with Gasteiger partial charge in [-0.2, -0.15) is 0 Å². The smallest absolute Gasteiger partial charge is 0.123 e. The SMILES string of the molecule is Clc1ccc(-c2nc(C3CC3)cs2)cc1. The van der Waals surface area contributed by atoms with E-state index >= 15 is 0 Å². The third-order valence-electron chi connectivity index (χ3n) is 2.61. The van der Waals surface area contributed by atoms with E-state index in [-0.39, 0.29) is 0 Å². The molecule has 76 valence electrons. The Morgan fingerprint density at radius 1 is 1.20 bits per heavy atom. The molecular formula is C12H10ClNS. The lowest BCUT2D eigenvalue weighted by Gasteiger charge is -1.95. The number of aromatic nitrogens is 1. The van der Waals surface area contributed by atoms with Gasteiger partial charge in [0.15, 0.2) is 0 Å². The molecule has 0 unspecified atom stereocenters. The lowest BCUT2D eigenvalue weighted by Crippen LogP contribution is -1.79. The summed E-state index contributed by atoms with van der Waals surface area (Å²) < 4.78 is 0. The molecule has 0 amide bonds. The Morgan fingerprint density at radius 3 is 2.60 bits per heavy atom. The van der Waals surface area contributed by atoms with E-state index in [2.05, 4.69) is 10.4 Å². The first kappa shape index (κ1) is 9.37. The van der Waals surface area contributed by atoms with Crippen molar-refractivity contribution in [3.8, 4) is 10.6 Å². The van der Waals surface area contributed by atoms with Gasteiger partial charge < -0.3 is 0 Å². The van der Waals surface area contributed by atoms with Crippen LogP contribution in [0.5, 0.6) is 0 Å². The molecule has 1 heterocycles. The second kappa shape index (κ2) is 3.62. The Morgan fingerprint density at radius 2 is 1.93 bits per heavy atom. The van der Waals surface area contributed by atoms with Crippen molar-refractivity contribution in [3.05, 3.63) is 40.4 Å². The first-order valence-corrected chi connectivity index (χ1v) is 6.30. The van der Waals surface area contributed by atoms with Crippen LogP contribution in [0.4, 0.5) is 0 Å². The minimum atomic E-state index is 0.738. The highest BCUT2D eigenvalue weighted by atomic mass is 35.5. The fraction of sp³-hybridized carbons (Fsp3) is 0.250. The zero-order chi connectivity index (χ0) is 10.3. The molecule has 0 saturated heterocycles. The molecule has 0 N–H and O–H groups in total. The summed E-state index contributed by atoms with van der Waals surface area (Å²) in [5, 5.41) is 4.06. The van der Waals surface area contributed by atoms with E-state index < -0.39 is 0 Å². The van der Waals surface area contributed by atoms with Crippen LogP contribution in [-0.2, 0) is 0 Å². The number of rotatable bonds is 2. The number of benzene rings is 1. The lowest BCUT2D eigenvalue weighted by atomic mass is 10.2. The lowest BCUT2D eigenvalue weighted by molar-refractivity contribution is 1.05. The van der Waals surface area contributed by atoms with E-state index in [4.69, 9.17) is 11.6 Å². The zero-order valence-corrected chi connectivity index (χ0v) is 9.68. The predicted octanol–water partition coefficient (Wildman–Crippen LogP) is 4.34. The molecule has 0 aliphatic heterocycles. The van der Waals surface area contributed by atoms with Crippen molar-refractivity contribution in [2.24, 2.45) is 0 Å². The van der Waals surface area contributed by atoms with Gasteiger partial charge in [0.25, 0.3) is 0 Å². The van der Waals surface area contributed by atoms with Gasteiger partial charge in [0.1, 0.15) is 5.01 Å². The standard InChI is InChI=1S/C12H10ClNS/c13-10-5-3-9(4-6-10)12-14-11(7-15-12)8-1-2-8/h3-8H,1-2H2. The first-order chi connectivity index (χ1) is 7.33. The van der Waals surface area contributed by atoms with Crippen molar-refractivity contribution in [2.75, 3.05) is 0 Å². The second-order valence-electron chi connectivity index (χ2n) is 3.86. The number of hydrogen-bond acceptors (Lipinski definition) is 2. The zero-order valence-electron chi connectivity index (χ0n) is 8.11. The second-order valence-corrected chi connectivity index (χ2v) is 5.15. The maximum absolute atomic E-state index is 5.85. The van der Waals surface area contributed by atoms with Crippen molar-refractivity contribution in [3.63, 3.8) is 0 Å². The Labute approximate surface area is 97.7 Å². The van der Waals surface area contributed by atoms with Crippen molar-refractivity contribution >= 4 is 22.9 Å². The van der Waals surface area contributed by atoms with Gasteiger partial charge in [-0.15, -0.1) is 11.3 Å². The molecule has 1 aliphatic rings. The number of thiazole rings is 1. The average molecular weight is 236 g/mol. The summed E-state index contributed by atoms with van der Waals surface area (Å²) in [6.07, 6.45) is 2.62. The maximum Gasteiger partial charge on any atom is 0.123 e. The van der Waals surface area contributed by atoms with Crippen LogP contribution in [0.25, 0.3) is 10.6 Å². The fourth-order valence-corrected chi connectivity index (χ4v) is 2.61. The van der Waals surface area contributed by atoms with E-state index in [9.17, 15) is 0 Å². The predicted molar refractivity (Wildman–Crippen MR) is 64.5 cm³/mol. The highest BCUT2D eigenvalue weighted by Crippen LogP contribution is 2.41. The van der Waals surface area contributed by atoms with Crippen LogP contribution in [0.3, 0.4) is 0 Å². The van der Waals surface area contributed by atoms with Crippen LogP contribution in [0.2, 0.25) is 5.02 Å². The highest BCUT2D eigenvalue weighted by molar-refractivity contribution is 7.13. The van der Waals surface area contributed by atoms with Gasteiger partial charge in [0, 0.05) is 21.9 Å². The summed E-state index contributed by atoms with van der Waals surface area (Å²) in [5.41, 5.74) is 2.43. The largest absolute Gasteiger partial charge is 0.241 e. The molecule has 3 rings (SSSR count). The third kappa shape index (κ3) is 1.92. The summed E-state index contributed by atoms with van der Waals surface area (Å²) in [6.45, 7) is 0. The van der Waals surface area contributed by atoms with Crippen LogP contribution in [-0.4, -0.2) is 4.98 Å². The molecule has 0 bridgehead atoms. The molecule has 1 aromatic heterocycles. The van der Waals surface area contributed by atoms with Crippen LogP contribution in [0.1, 0.15) is 24.5 Å². The molecule has 1 nitrogen and oxygen atoms in total. The fourth-order valence-electron chi connectivity index (χ4n) is 1.58. The molecule has 0 atom stereocenters. The Bertz CT molecular complexity index is 471. The molecule has 1 aliphatic carbocycles. The van der Waals surface area contributed by atoms with Crippen molar-refractivity contribution in [1.29, 1.82) is 0 Å². The summed E-state index contributed by atoms with van der Waals surface area (Å²) in [6, 6.07) is 7.87. The summed E-state index contributed by atoms with van der Waals surface area (Å²) in [4.78, 5) is 4.65. The molecule has 15 heavy (non-hydrogen) atoms. The van der Waals surface area contributed by atoms with E-state index in [1.165, 1.54) is 18.5 Å². The van der Waals surface area contributed by atoms with Crippen LogP contribution >= 0.6 is 22.9 Å². The highest BCUT2D eigenvalue weighted by Gasteiger charge is 2.26. The maximum atomic E-state index is 5.85. The summed E-state index contributed by atoms with van der Waals surface area (Å²) in [5.74, 6) is 0.738. The molecular weight excluding hydrogens is 226 g/mol. The minimum Gasteiger partial charge on any atom is -0.241 e. The normalized spacial score (nSPS) is 15.5. The molecule has 1 aromatic carbocycles. The minimum absolute atomic E-state index is 0.738. The van der Waals surface area contributed by atoms with Gasteiger partial charge in [0.2, 0.25) is 0 Å². The number of hydrogen-bond donors (Lipinski definition) is 0. The Hall–Kier alpha value is -0.860. The summed E-state index contributed by atoms with van der Waals surface area (Å²) >= 11 is 7.57. The molecule has 1 saturated carbocycles. The number of nitrogens with zero attached hydrogens (tertiary/aromatic N) is 1. The molecule has 3 heteroatoms. The Kier molecular flexibility index (Phi) is 2.26. The topological polar surface area (TPSA) is 12.9 Å². The molecule has 0 radical (unpaired) electrons. The number of halogens is 1. The van der Waals surface area contributed by atoms with E-state index in [0.29, 0.717) is 0 Å². The van der Waals surface area contributed by atoms with Gasteiger partial charge >= 0.3 is 0 Å². The van der Waals surface area contributed by atoms with Gasteiger partial charge in [-0.25, -0.2) is 4.98 Å². The summed E-state index contributed by atoms with van der Waals surface area (Å²) in [7, 11) is 0. The van der Waals surface area contributed by atoms with Crippen LogP contribution < -0.4 is 0 Å². The molecule has 0 spiro atoms. The third-order valence-corrected chi connectivity index (χ3v) is 3.77. The van der Waals surface area contributed by atoms with Crippen molar-refractivity contribution in [2.45, 2.75) is 18.8 Å². The van der Waals surface area contributed by atoms with E-state index in [1.807, 2.05) is 24.3 Å². The van der Waals surface area contributed by atoms with Gasteiger partial charge in [-0.05, 0) is 25.0 Å². The molecule has 2 aromatic rings. The average Bonchev–Trinajstić information content (AvgIpc) is 2.99. The van der Waals surface area contributed by atoms with Crippen LogP contribution in [0.15, 0.2) is 29.6 Å². The van der Waals surface area contributed by atoms with Gasteiger partial charge in [0.05, 0.1) is 5.69 Å². The monoisotopic (exact) mass is 235 g/mol. The van der Waals surface area contributed by atoms with Gasteiger partial charge in [-0.1, -0.05) is 23.7 Å². The Balaban J connectivity index is 1.93. The first-order valence-electron chi connectivity index (χ1n) is 5.04.